The van der Waals surface area contributed by atoms with Crippen molar-refractivity contribution in [2.75, 3.05) is 26.2 Å². The lowest BCUT2D eigenvalue weighted by atomic mass is 10.2. The van der Waals surface area contributed by atoms with Gasteiger partial charge in [0.2, 0.25) is 15.9 Å². The van der Waals surface area contributed by atoms with Gasteiger partial charge in [-0.3, -0.25) is 4.79 Å². The molecule has 1 aromatic heterocycles. The highest BCUT2D eigenvalue weighted by Crippen LogP contribution is 2.23. The van der Waals surface area contributed by atoms with Gasteiger partial charge in [0.1, 0.15) is 5.82 Å². The van der Waals surface area contributed by atoms with Gasteiger partial charge in [0.05, 0.1) is 20.1 Å². The minimum atomic E-state index is -3.69. The van der Waals surface area contributed by atoms with E-state index in [0.29, 0.717) is 32.5 Å². The Balaban J connectivity index is 1.25. The van der Waals surface area contributed by atoms with Crippen molar-refractivity contribution in [2.24, 2.45) is 0 Å². The van der Waals surface area contributed by atoms with Crippen molar-refractivity contribution in [1.29, 1.82) is 0 Å². The number of sulfonamides is 1. The van der Waals surface area contributed by atoms with Gasteiger partial charge < -0.3 is 4.90 Å². The highest BCUT2D eigenvalue weighted by molar-refractivity contribution is 7.89. The van der Waals surface area contributed by atoms with Gasteiger partial charge in [0, 0.05) is 32.6 Å². The Morgan fingerprint density at radius 3 is 2.56 bits per heavy atom. The zero-order valence-electron chi connectivity index (χ0n) is 17.7. The van der Waals surface area contributed by atoms with E-state index >= 15 is 0 Å². The third-order valence-electron chi connectivity index (χ3n) is 5.63. The van der Waals surface area contributed by atoms with E-state index in [2.05, 4.69) is 11.1 Å². The highest BCUT2D eigenvalue weighted by atomic mass is 32.2. The molecule has 6 nitrogen and oxygen atoms in total. The van der Waals surface area contributed by atoms with Crippen LogP contribution in [0, 0.1) is 5.82 Å². The maximum Gasteiger partial charge on any atom is 0.243 e. The number of thiazole rings is 1. The van der Waals surface area contributed by atoms with Crippen LogP contribution in [0.4, 0.5) is 4.39 Å². The lowest BCUT2D eigenvalue weighted by molar-refractivity contribution is -0.131. The number of amides is 1. The molecule has 0 unspecified atom stereocenters. The molecule has 0 saturated carbocycles. The molecule has 32 heavy (non-hydrogen) atoms. The number of aryl methyl sites for hydroxylation is 1. The fourth-order valence-corrected chi connectivity index (χ4v) is 6.36. The van der Waals surface area contributed by atoms with E-state index in [4.69, 9.17) is 0 Å². The van der Waals surface area contributed by atoms with Gasteiger partial charge in [-0.2, -0.15) is 4.31 Å². The lowest BCUT2D eigenvalue weighted by Gasteiger charge is -2.22. The predicted octanol–water partition coefficient (Wildman–Crippen LogP) is 4.07. The van der Waals surface area contributed by atoms with Gasteiger partial charge in [-0.15, -0.1) is 11.3 Å². The van der Waals surface area contributed by atoms with Crippen LogP contribution in [-0.2, 0) is 21.2 Å². The summed E-state index contributed by atoms with van der Waals surface area (Å²) in [5.41, 5.74) is 1.02. The predicted molar refractivity (Wildman–Crippen MR) is 124 cm³/mol. The number of hydrogen-bond donors (Lipinski definition) is 0. The molecular formula is C23H26FN3O3S2. The minimum Gasteiger partial charge on any atom is -0.341 e. The molecule has 1 amide bonds. The first-order valence-electron chi connectivity index (χ1n) is 10.8. The molecule has 0 spiro atoms. The number of benzene rings is 2. The number of carbonyl (C=O) groups is 1. The number of nitrogens with zero attached hydrogens (tertiary/aromatic N) is 3. The summed E-state index contributed by atoms with van der Waals surface area (Å²) in [5, 5.41) is 1.09. The number of rotatable bonds is 7. The normalized spacial score (nSPS) is 15.7. The van der Waals surface area contributed by atoms with Crippen molar-refractivity contribution >= 4 is 37.5 Å². The van der Waals surface area contributed by atoms with Gasteiger partial charge in [0.15, 0.2) is 0 Å². The summed E-state index contributed by atoms with van der Waals surface area (Å²) in [7, 11) is -3.69. The Labute approximate surface area is 191 Å². The van der Waals surface area contributed by atoms with Gasteiger partial charge in [0.25, 0.3) is 0 Å². The molecule has 2 aromatic carbocycles. The monoisotopic (exact) mass is 475 g/mol. The minimum absolute atomic E-state index is 0.0651. The summed E-state index contributed by atoms with van der Waals surface area (Å²) >= 11 is 1.70. The number of para-hydroxylation sites is 1. The zero-order valence-corrected chi connectivity index (χ0v) is 19.4. The molecule has 1 saturated heterocycles. The summed E-state index contributed by atoms with van der Waals surface area (Å²) in [4.78, 5) is 19.1. The quantitative estimate of drug-likeness (QED) is 0.483. The molecule has 0 bridgehead atoms. The number of unbranched alkanes of at least 4 members (excludes halogenated alkanes) is 1. The molecular weight excluding hydrogens is 449 g/mol. The molecule has 0 radical (unpaired) electrons. The van der Waals surface area contributed by atoms with Gasteiger partial charge in [-0.05, 0) is 62.1 Å². The number of halogens is 1. The Bertz CT molecular complexity index is 1150. The molecule has 0 aliphatic carbocycles. The van der Waals surface area contributed by atoms with E-state index < -0.39 is 15.8 Å². The van der Waals surface area contributed by atoms with Crippen LogP contribution in [0.3, 0.4) is 0 Å². The van der Waals surface area contributed by atoms with Crippen LogP contribution in [0.2, 0.25) is 0 Å². The average molecular weight is 476 g/mol. The van der Waals surface area contributed by atoms with Crippen LogP contribution in [0.1, 0.15) is 30.7 Å². The fraction of sp³-hybridized carbons (Fsp3) is 0.391. The fourth-order valence-electron chi connectivity index (χ4n) is 3.88. The first-order valence-corrected chi connectivity index (χ1v) is 13.1. The van der Waals surface area contributed by atoms with Crippen LogP contribution >= 0.6 is 11.3 Å². The van der Waals surface area contributed by atoms with Crippen LogP contribution in [0.25, 0.3) is 10.2 Å². The van der Waals surface area contributed by atoms with E-state index in [-0.39, 0.29) is 17.3 Å². The molecule has 170 valence electrons. The molecule has 1 aliphatic rings. The largest absolute Gasteiger partial charge is 0.341 e. The summed E-state index contributed by atoms with van der Waals surface area (Å²) in [6, 6.07) is 12.9. The SMILES string of the molecule is O=C(CCCCc1nc2ccccc2s1)N1CCCN(S(=O)(=O)c2ccc(F)cc2)CC1. The second-order valence-electron chi connectivity index (χ2n) is 7.87. The number of fused-ring (bicyclic) bond motifs is 1. The van der Waals surface area contributed by atoms with E-state index in [1.54, 1.807) is 16.2 Å². The topological polar surface area (TPSA) is 70.6 Å². The van der Waals surface area contributed by atoms with Gasteiger partial charge in [-0.1, -0.05) is 12.1 Å². The molecule has 4 rings (SSSR count). The Morgan fingerprint density at radius 1 is 1.00 bits per heavy atom. The third kappa shape index (κ3) is 5.33. The Hall–Kier alpha value is -2.36. The second kappa shape index (κ2) is 10.1. The summed E-state index contributed by atoms with van der Waals surface area (Å²) in [6.45, 7) is 1.52. The van der Waals surface area contributed by atoms with Gasteiger partial charge in [-0.25, -0.2) is 17.8 Å². The van der Waals surface area contributed by atoms with Crippen molar-refractivity contribution in [2.45, 2.75) is 37.0 Å². The maximum atomic E-state index is 13.1. The molecule has 9 heteroatoms. The lowest BCUT2D eigenvalue weighted by Crippen LogP contribution is -2.37. The van der Waals surface area contributed by atoms with Crippen molar-refractivity contribution in [3.63, 3.8) is 0 Å². The smallest absolute Gasteiger partial charge is 0.243 e. The molecule has 0 atom stereocenters. The summed E-state index contributed by atoms with van der Waals surface area (Å²) in [5.74, 6) is -0.407. The van der Waals surface area contributed by atoms with Crippen molar-refractivity contribution in [1.82, 2.24) is 14.2 Å². The van der Waals surface area contributed by atoms with Crippen LogP contribution in [-0.4, -0.2) is 54.7 Å². The highest BCUT2D eigenvalue weighted by Gasteiger charge is 2.28. The molecule has 0 N–H and O–H groups in total. The standard InChI is InChI=1S/C23H26FN3O3S2/c24-18-10-12-19(13-11-18)32(29,30)27-15-5-14-26(16-17-27)23(28)9-4-3-8-22-25-20-6-1-2-7-21(20)31-22/h1-2,6-7,10-13H,3-5,8-9,14-17H2. The van der Waals surface area contributed by atoms with Crippen LogP contribution in [0.5, 0.6) is 0 Å². The molecule has 1 fully saturated rings. The van der Waals surface area contributed by atoms with E-state index in [1.165, 1.54) is 21.1 Å². The van der Waals surface area contributed by atoms with E-state index in [1.807, 2.05) is 18.2 Å². The number of hydrogen-bond acceptors (Lipinski definition) is 5. The van der Waals surface area contributed by atoms with E-state index in [9.17, 15) is 17.6 Å². The zero-order chi connectivity index (χ0) is 22.6. The maximum absolute atomic E-state index is 13.1. The Morgan fingerprint density at radius 2 is 1.78 bits per heavy atom. The number of carbonyl (C=O) groups excluding carboxylic acids is 1. The third-order valence-corrected chi connectivity index (χ3v) is 8.64. The van der Waals surface area contributed by atoms with E-state index in [0.717, 1.165) is 41.9 Å². The summed E-state index contributed by atoms with van der Waals surface area (Å²) < 4.78 is 41.4. The molecule has 1 aliphatic heterocycles. The van der Waals surface area contributed by atoms with Crippen molar-refractivity contribution < 1.29 is 17.6 Å². The van der Waals surface area contributed by atoms with Gasteiger partial charge >= 0.3 is 0 Å². The number of aromatic nitrogens is 1. The molecule has 3 aromatic rings. The van der Waals surface area contributed by atoms with Crippen LogP contribution in [0.15, 0.2) is 53.4 Å². The summed E-state index contributed by atoms with van der Waals surface area (Å²) in [6.07, 6.45) is 3.57. The van der Waals surface area contributed by atoms with Crippen molar-refractivity contribution in [3.8, 4) is 0 Å². The first kappa shape index (κ1) is 22.8. The first-order chi connectivity index (χ1) is 15.4. The van der Waals surface area contributed by atoms with Crippen LogP contribution < -0.4 is 0 Å². The van der Waals surface area contributed by atoms with Crippen molar-refractivity contribution in [3.05, 3.63) is 59.4 Å². The molecule has 2 heterocycles. The Kier molecular flexibility index (Phi) is 7.17. The second-order valence-corrected chi connectivity index (χ2v) is 10.9. The average Bonchev–Trinajstić information content (AvgIpc) is 3.02.